The van der Waals surface area contributed by atoms with Gasteiger partial charge in [-0.3, -0.25) is 20.4 Å². The molecule has 0 saturated carbocycles. The van der Waals surface area contributed by atoms with Gasteiger partial charge in [0, 0.05) is 10.2 Å². The van der Waals surface area contributed by atoms with Crippen LogP contribution >= 0.6 is 27.7 Å². The van der Waals surface area contributed by atoms with Crippen LogP contribution in [0.4, 0.5) is 4.39 Å². The molecule has 0 aliphatic carbocycles. The van der Waals surface area contributed by atoms with Crippen molar-refractivity contribution in [1.82, 2.24) is 10.9 Å². The van der Waals surface area contributed by atoms with Crippen molar-refractivity contribution in [3.63, 3.8) is 0 Å². The summed E-state index contributed by atoms with van der Waals surface area (Å²) in [6.45, 7) is 1.74. The number of amides is 2. The van der Waals surface area contributed by atoms with E-state index in [-0.39, 0.29) is 16.7 Å². The van der Waals surface area contributed by atoms with Gasteiger partial charge in [0.2, 0.25) is 0 Å². The number of halogens is 2. The number of benzene rings is 2. The van der Waals surface area contributed by atoms with Crippen LogP contribution in [0.25, 0.3) is 0 Å². The van der Waals surface area contributed by atoms with Crippen molar-refractivity contribution in [2.45, 2.75) is 17.9 Å². The largest absolute Gasteiger partial charge is 0.272 e. The minimum absolute atomic E-state index is 0.118. The van der Waals surface area contributed by atoms with Crippen LogP contribution in [0, 0.1) is 5.82 Å². The van der Waals surface area contributed by atoms with E-state index in [0.717, 1.165) is 10.0 Å². The maximum atomic E-state index is 13.5. The van der Waals surface area contributed by atoms with E-state index in [9.17, 15) is 14.0 Å². The molecule has 2 aromatic rings. The molecule has 2 rings (SSSR count). The molecule has 0 radical (unpaired) electrons. The van der Waals surface area contributed by atoms with Gasteiger partial charge in [-0.15, -0.1) is 11.8 Å². The predicted octanol–water partition coefficient (Wildman–Crippen LogP) is 3.67. The standard InChI is InChI=1S/C17H16BrFN2O2S/c1-11(24-10-12-6-8-13(18)9-7-12)16(22)20-21-17(23)14-4-2-3-5-15(14)19/h2-9,11H,10H2,1H3,(H,20,22)(H,21,23)/t11-/m1/s1. The minimum Gasteiger partial charge on any atom is -0.272 e. The first-order valence-electron chi connectivity index (χ1n) is 7.18. The molecule has 0 heterocycles. The number of carbonyl (C=O) groups is 2. The Morgan fingerprint density at radius 1 is 1.12 bits per heavy atom. The van der Waals surface area contributed by atoms with Crippen molar-refractivity contribution < 1.29 is 14.0 Å². The Morgan fingerprint density at radius 2 is 1.79 bits per heavy atom. The van der Waals surface area contributed by atoms with Gasteiger partial charge in [0.05, 0.1) is 10.8 Å². The molecule has 24 heavy (non-hydrogen) atoms. The molecule has 0 fully saturated rings. The molecular formula is C17H16BrFN2O2S. The Bertz CT molecular complexity index is 725. The number of hydrazine groups is 1. The second-order valence-electron chi connectivity index (χ2n) is 5.00. The number of carbonyl (C=O) groups excluding carboxylic acids is 2. The van der Waals surface area contributed by atoms with E-state index >= 15 is 0 Å². The van der Waals surface area contributed by atoms with Gasteiger partial charge in [0.1, 0.15) is 5.82 Å². The maximum absolute atomic E-state index is 13.5. The fraction of sp³-hybridized carbons (Fsp3) is 0.176. The molecule has 4 nitrogen and oxygen atoms in total. The van der Waals surface area contributed by atoms with Crippen LogP contribution in [0.15, 0.2) is 53.0 Å². The quantitative estimate of drug-likeness (QED) is 0.739. The van der Waals surface area contributed by atoms with Gasteiger partial charge < -0.3 is 0 Å². The summed E-state index contributed by atoms with van der Waals surface area (Å²) in [6, 6.07) is 13.4. The van der Waals surface area contributed by atoms with Crippen LogP contribution < -0.4 is 10.9 Å². The first-order valence-corrected chi connectivity index (χ1v) is 9.02. The lowest BCUT2D eigenvalue weighted by atomic mass is 10.2. The van der Waals surface area contributed by atoms with E-state index in [2.05, 4.69) is 26.8 Å². The van der Waals surface area contributed by atoms with Crippen LogP contribution in [0.5, 0.6) is 0 Å². The molecule has 0 aromatic heterocycles. The van der Waals surface area contributed by atoms with Gasteiger partial charge in [-0.05, 0) is 36.8 Å². The average molecular weight is 411 g/mol. The lowest BCUT2D eigenvalue weighted by Crippen LogP contribution is -2.45. The Balaban J connectivity index is 1.80. The fourth-order valence-corrected chi connectivity index (χ4v) is 2.92. The molecule has 0 unspecified atom stereocenters. The number of hydrogen-bond donors (Lipinski definition) is 2. The van der Waals surface area contributed by atoms with Crippen LogP contribution in [0.3, 0.4) is 0 Å². The highest BCUT2D eigenvalue weighted by molar-refractivity contribution is 9.10. The zero-order valence-electron chi connectivity index (χ0n) is 12.9. The summed E-state index contributed by atoms with van der Waals surface area (Å²) in [5.41, 5.74) is 5.53. The van der Waals surface area contributed by atoms with Gasteiger partial charge in [-0.2, -0.15) is 0 Å². The first-order chi connectivity index (χ1) is 11.5. The lowest BCUT2D eigenvalue weighted by molar-refractivity contribution is -0.121. The SMILES string of the molecule is C[C@@H](SCc1ccc(Br)cc1)C(=O)NNC(=O)c1ccccc1F. The van der Waals surface area contributed by atoms with Crippen molar-refractivity contribution in [1.29, 1.82) is 0 Å². The Kier molecular flexibility index (Phi) is 6.81. The smallest absolute Gasteiger partial charge is 0.272 e. The summed E-state index contributed by atoms with van der Waals surface area (Å²) in [4.78, 5) is 23.8. The summed E-state index contributed by atoms with van der Waals surface area (Å²) < 4.78 is 14.5. The summed E-state index contributed by atoms with van der Waals surface area (Å²) in [6.07, 6.45) is 0. The molecular weight excluding hydrogens is 395 g/mol. The van der Waals surface area contributed by atoms with E-state index in [1.807, 2.05) is 24.3 Å². The Labute approximate surface area is 152 Å². The van der Waals surface area contributed by atoms with E-state index in [0.29, 0.717) is 5.75 Å². The molecule has 0 aliphatic rings. The third-order valence-corrected chi connectivity index (χ3v) is 4.94. The summed E-state index contributed by atoms with van der Waals surface area (Å²) in [5, 5.41) is -0.366. The minimum atomic E-state index is -0.688. The monoisotopic (exact) mass is 410 g/mol. The molecule has 2 amide bonds. The molecule has 2 aromatic carbocycles. The molecule has 0 aliphatic heterocycles. The molecule has 0 saturated heterocycles. The number of thioether (sulfide) groups is 1. The second-order valence-corrected chi connectivity index (χ2v) is 7.25. The van der Waals surface area contributed by atoms with Gasteiger partial charge >= 0.3 is 0 Å². The number of nitrogens with one attached hydrogen (secondary N) is 2. The van der Waals surface area contributed by atoms with Crippen LogP contribution in [-0.2, 0) is 10.5 Å². The summed E-state index contributed by atoms with van der Waals surface area (Å²) in [7, 11) is 0. The second kappa shape index (κ2) is 8.84. The highest BCUT2D eigenvalue weighted by Crippen LogP contribution is 2.19. The molecule has 2 N–H and O–H groups in total. The average Bonchev–Trinajstić information content (AvgIpc) is 2.59. The number of hydrogen-bond acceptors (Lipinski definition) is 3. The normalized spacial score (nSPS) is 11.6. The Hall–Kier alpha value is -1.86. The van der Waals surface area contributed by atoms with Crippen LogP contribution in [0.2, 0.25) is 0 Å². The molecule has 0 spiro atoms. The summed E-state index contributed by atoms with van der Waals surface area (Å²) in [5.74, 6) is -1.00. The van der Waals surface area contributed by atoms with Gasteiger partial charge in [0.15, 0.2) is 0 Å². The van der Waals surface area contributed by atoms with E-state index in [4.69, 9.17) is 0 Å². The fourth-order valence-electron chi connectivity index (χ4n) is 1.81. The third-order valence-electron chi connectivity index (χ3n) is 3.20. The van der Waals surface area contributed by atoms with Crippen molar-refractivity contribution in [2.24, 2.45) is 0 Å². The maximum Gasteiger partial charge on any atom is 0.272 e. The first kappa shape index (κ1) is 18.5. The Morgan fingerprint density at radius 3 is 2.46 bits per heavy atom. The molecule has 1 atom stereocenters. The van der Waals surface area contributed by atoms with E-state index < -0.39 is 11.7 Å². The van der Waals surface area contributed by atoms with Crippen molar-refractivity contribution in [3.05, 3.63) is 69.9 Å². The third kappa shape index (κ3) is 5.35. The van der Waals surface area contributed by atoms with Gasteiger partial charge in [-0.1, -0.05) is 40.2 Å². The van der Waals surface area contributed by atoms with Crippen molar-refractivity contribution in [2.75, 3.05) is 0 Å². The zero-order valence-corrected chi connectivity index (χ0v) is 15.3. The lowest BCUT2D eigenvalue weighted by Gasteiger charge is -2.13. The van der Waals surface area contributed by atoms with Crippen molar-refractivity contribution in [3.8, 4) is 0 Å². The predicted molar refractivity (Wildman–Crippen MR) is 96.9 cm³/mol. The zero-order chi connectivity index (χ0) is 17.5. The topological polar surface area (TPSA) is 58.2 Å². The molecule has 0 bridgehead atoms. The van der Waals surface area contributed by atoms with Gasteiger partial charge in [-0.25, -0.2) is 4.39 Å². The van der Waals surface area contributed by atoms with Crippen LogP contribution in [-0.4, -0.2) is 17.1 Å². The molecule has 7 heteroatoms. The van der Waals surface area contributed by atoms with E-state index in [1.165, 1.54) is 30.0 Å². The number of rotatable bonds is 5. The highest BCUT2D eigenvalue weighted by atomic mass is 79.9. The van der Waals surface area contributed by atoms with E-state index in [1.54, 1.807) is 13.0 Å². The van der Waals surface area contributed by atoms with Crippen LogP contribution in [0.1, 0.15) is 22.8 Å². The molecule has 126 valence electrons. The highest BCUT2D eigenvalue weighted by Gasteiger charge is 2.16. The van der Waals surface area contributed by atoms with Crippen molar-refractivity contribution >= 4 is 39.5 Å². The van der Waals surface area contributed by atoms with Gasteiger partial charge in [0.25, 0.3) is 11.8 Å². The summed E-state index contributed by atoms with van der Waals surface area (Å²) >= 11 is 4.81.